The Labute approximate surface area is 87.7 Å². The van der Waals surface area contributed by atoms with Crippen LogP contribution >= 0.6 is 0 Å². The first-order valence-corrected chi connectivity index (χ1v) is 5.71. The Morgan fingerprint density at radius 3 is 2.21 bits per heavy atom. The van der Waals surface area contributed by atoms with Gasteiger partial charge in [-0.3, -0.25) is 4.90 Å². The van der Waals surface area contributed by atoms with E-state index in [2.05, 4.69) is 39.5 Å². The van der Waals surface area contributed by atoms with Gasteiger partial charge in [-0.2, -0.15) is 0 Å². The highest BCUT2D eigenvalue weighted by Crippen LogP contribution is 2.30. The fourth-order valence-electron chi connectivity index (χ4n) is 2.28. The Bertz CT molecular complexity index is 183. The summed E-state index contributed by atoms with van der Waals surface area (Å²) in [5, 5.41) is 0. The number of hydrogen-bond acceptors (Lipinski definition) is 1. The molecule has 0 aromatic heterocycles. The average Bonchev–Trinajstić information content (AvgIpc) is 2.01. The van der Waals surface area contributed by atoms with Crippen LogP contribution in [0.25, 0.3) is 0 Å². The van der Waals surface area contributed by atoms with Crippen LogP contribution in [-0.4, -0.2) is 29.7 Å². The minimum absolute atomic E-state index is 0.117. The largest absolute Gasteiger partial charge is 0.296 e. The van der Waals surface area contributed by atoms with E-state index in [0.717, 1.165) is 13.0 Å². The molecule has 0 aromatic rings. The van der Waals surface area contributed by atoms with Crippen LogP contribution in [-0.2, 0) is 0 Å². The summed E-state index contributed by atoms with van der Waals surface area (Å²) in [6.07, 6.45) is 0.374. The number of nitrogens with zero attached hydrogens (tertiary/aromatic N) is 1. The Kier molecular flexibility index (Phi) is 3.57. The zero-order valence-electron chi connectivity index (χ0n) is 10.2. The summed E-state index contributed by atoms with van der Waals surface area (Å²) in [6.45, 7) is 12.4. The maximum absolute atomic E-state index is 13.8. The van der Waals surface area contributed by atoms with Crippen LogP contribution in [0.15, 0.2) is 0 Å². The molecule has 0 radical (unpaired) electrons. The molecule has 2 atom stereocenters. The Balaban J connectivity index is 2.55. The Morgan fingerprint density at radius 1 is 1.29 bits per heavy atom. The normalized spacial score (nSPS) is 31.1. The number of rotatable bonds is 1. The molecule has 1 rings (SSSR count). The van der Waals surface area contributed by atoms with Crippen LogP contribution in [0.5, 0.6) is 0 Å². The highest BCUT2D eigenvalue weighted by atomic mass is 19.1. The molecule has 1 aliphatic rings. The van der Waals surface area contributed by atoms with E-state index in [-0.39, 0.29) is 11.5 Å². The lowest BCUT2D eigenvalue weighted by molar-refractivity contribution is 0.0133. The number of hydrogen-bond donors (Lipinski definition) is 0. The molecule has 1 nitrogen and oxygen atoms in total. The number of likely N-dealkylation sites (tertiary alicyclic amines) is 1. The van der Waals surface area contributed by atoms with Crippen molar-refractivity contribution in [3.8, 4) is 0 Å². The first-order chi connectivity index (χ1) is 6.32. The van der Waals surface area contributed by atoms with Gasteiger partial charge in [0.05, 0.1) is 0 Å². The van der Waals surface area contributed by atoms with E-state index >= 15 is 0 Å². The van der Waals surface area contributed by atoms with E-state index in [9.17, 15) is 4.39 Å². The number of halogens is 1. The van der Waals surface area contributed by atoms with Gasteiger partial charge in [0.25, 0.3) is 0 Å². The van der Waals surface area contributed by atoms with Crippen molar-refractivity contribution in [2.75, 3.05) is 13.1 Å². The molecule has 0 aliphatic carbocycles. The molecule has 0 spiro atoms. The van der Waals surface area contributed by atoms with Crippen molar-refractivity contribution < 1.29 is 4.39 Å². The molecule has 1 aliphatic heterocycles. The quantitative estimate of drug-likeness (QED) is 0.630. The third kappa shape index (κ3) is 2.69. The van der Waals surface area contributed by atoms with Crippen LogP contribution in [0, 0.1) is 11.8 Å². The Morgan fingerprint density at radius 2 is 1.86 bits per heavy atom. The van der Waals surface area contributed by atoms with Crippen molar-refractivity contribution >= 4 is 0 Å². The lowest BCUT2D eigenvalue weighted by atomic mass is 9.84. The predicted octanol–water partition coefficient (Wildman–Crippen LogP) is 3.10. The van der Waals surface area contributed by atoms with Crippen LogP contribution in [0.2, 0.25) is 0 Å². The van der Waals surface area contributed by atoms with Crippen molar-refractivity contribution in [3.63, 3.8) is 0 Å². The molecule has 2 heteroatoms. The van der Waals surface area contributed by atoms with E-state index in [0.29, 0.717) is 12.5 Å². The van der Waals surface area contributed by atoms with E-state index in [1.54, 1.807) is 0 Å². The highest BCUT2D eigenvalue weighted by Gasteiger charge is 2.35. The van der Waals surface area contributed by atoms with Gasteiger partial charge in [-0.05, 0) is 45.6 Å². The molecule has 1 heterocycles. The predicted molar refractivity (Wildman–Crippen MR) is 59.2 cm³/mol. The molecule has 1 fully saturated rings. The molecular formula is C12H24FN. The van der Waals surface area contributed by atoms with E-state index in [4.69, 9.17) is 0 Å². The minimum Gasteiger partial charge on any atom is -0.296 e. The zero-order chi connectivity index (χ0) is 10.9. The van der Waals surface area contributed by atoms with Crippen LogP contribution < -0.4 is 0 Å². The summed E-state index contributed by atoms with van der Waals surface area (Å²) in [6, 6.07) is 0. The molecule has 0 saturated carbocycles. The average molecular weight is 201 g/mol. The molecule has 0 bridgehead atoms. The molecule has 84 valence electrons. The third-order valence-corrected chi connectivity index (χ3v) is 3.40. The fourth-order valence-corrected chi connectivity index (χ4v) is 2.28. The molecule has 0 aromatic carbocycles. The van der Waals surface area contributed by atoms with Gasteiger partial charge in [0, 0.05) is 12.1 Å². The standard InChI is InChI=1S/C12H24FN/c1-9(2)10-6-7-14(8-11(10)13)12(3,4)5/h9-11H,6-8H2,1-5H3/t10-,11+/m0/s1. The van der Waals surface area contributed by atoms with Crippen LogP contribution in [0.4, 0.5) is 4.39 Å². The molecule has 0 amide bonds. The van der Waals surface area contributed by atoms with Crippen molar-refractivity contribution in [1.29, 1.82) is 0 Å². The summed E-state index contributed by atoms with van der Waals surface area (Å²) >= 11 is 0. The van der Waals surface area contributed by atoms with Gasteiger partial charge in [-0.1, -0.05) is 13.8 Å². The second-order valence-electron chi connectivity index (χ2n) is 5.83. The first kappa shape index (κ1) is 12.0. The van der Waals surface area contributed by atoms with Gasteiger partial charge in [-0.15, -0.1) is 0 Å². The van der Waals surface area contributed by atoms with E-state index < -0.39 is 6.17 Å². The summed E-state index contributed by atoms with van der Waals surface area (Å²) in [5.74, 6) is 0.751. The van der Waals surface area contributed by atoms with Gasteiger partial charge in [0.1, 0.15) is 6.17 Å². The zero-order valence-corrected chi connectivity index (χ0v) is 10.2. The second-order valence-corrected chi connectivity index (χ2v) is 5.83. The highest BCUT2D eigenvalue weighted by molar-refractivity contribution is 4.87. The fraction of sp³-hybridized carbons (Fsp3) is 1.00. The third-order valence-electron chi connectivity index (χ3n) is 3.40. The summed E-state index contributed by atoms with van der Waals surface area (Å²) in [7, 11) is 0. The number of alkyl halides is 1. The molecule has 0 N–H and O–H groups in total. The van der Waals surface area contributed by atoms with Gasteiger partial charge in [-0.25, -0.2) is 4.39 Å². The van der Waals surface area contributed by atoms with Crippen LogP contribution in [0.3, 0.4) is 0 Å². The van der Waals surface area contributed by atoms with Crippen molar-refractivity contribution in [1.82, 2.24) is 4.90 Å². The molecule has 14 heavy (non-hydrogen) atoms. The summed E-state index contributed by atoms with van der Waals surface area (Å²) in [4.78, 5) is 2.26. The smallest absolute Gasteiger partial charge is 0.116 e. The first-order valence-electron chi connectivity index (χ1n) is 5.71. The monoisotopic (exact) mass is 201 g/mol. The molecule has 1 saturated heterocycles. The summed E-state index contributed by atoms with van der Waals surface area (Å²) < 4.78 is 13.8. The topological polar surface area (TPSA) is 3.24 Å². The van der Waals surface area contributed by atoms with Gasteiger partial charge >= 0.3 is 0 Å². The lowest BCUT2D eigenvalue weighted by Crippen LogP contribution is -2.51. The SMILES string of the molecule is CC(C)[C@@H]1CCN(C(C)(C)C)C[C@H]1F. The van der Waals surface area contributed by atoms with Gasteiger partial charge < -0.3 is 0 Å². The second kappa shape index (κ2) is 4.18. The maximum Gasteiger partial charge on any atom is 0.116 e. The molecule has 0 unspecified atom stereocenters. The number of piperidine rings is 1. The summed E-state index contributed by atoms with van der Waals surface area (Å²) in [5.41, 5.74) is 0.117. The van der Waals surface area contributed by atoms with Crippen LogP contribution in [0.1, 0.15) is 41.0 Å². The van der Waals surface area contributed by atoms with Crippen molar-refractivity contribution in [3.05, 3.63) is 0 Å². The van der Waals surface area contributed by atoms with E-state index in [1.807, 2.05) is 0 Å². The van der Waals surface area contributed by atoms with Gasteiger partial charge in [0.15, 0.2) is 0 Å². The maximum atomic E-state index is 13.8. The minimum atomic E-state index is -0.636. The van der Waals surface area contributed by atoms with E-state index in [1.165, 1.54) is 0 Å². The lowest BCUT2D eigenvalue weighted by Gasteiger charge is -2.43. The van der Waals surface area contributed by atoms with Crippen molar-refractivity contribution in [2.24, 2.45) is 11.8 Å². The van der Waals surface area contributed by atoms with Gasteiger partial charge in [0.2, 0.25) is 0 Å². The van der Waals surface area contributed by atoms with Crippen molar-refractivity contribution in [2.45, 2.75) is 52.8 Å². The Hall–Kier alpha value is -0.110. The molecular weight excluding hydrogens is 177 g/mol.